The maximum Gasteiger partial charge on any atom is 0.229 e. The van der Waals surface area contributed by atoms with Crippen molar-refractivity contribution in [3.63, 3.8) is 0 Å². The van der Waals surface area contributed by atoms with E-state index in [2.05, 4.69) is 27.5 Å². The van der Waals surface area contributed by atoms with Gasteiger partial charge in [-0.05, 0) is 42.7 Å². The van der Waals surface area contributed by atoms with Crippen LogP contribution >= 0.6 is 0 Å². The van der Waals surface area contributed by atoms with Crippen LogP contribution in [0.25, 0.3) is 0 Å². The third kappa shape index (κ3) is 4.39. The molecule has 2 aromatic rings. The fourth-order valence-corrected chi connectivity index (χ4v) is 3.15. The molecule has 1 aliphatic rings. The number of para-hydroxylation sites is 1. The zero-order chi connectivity index (χ0) is 18.4. The molecule has 1 aromatic carbocycles. The second-order valence-corrected chi connectivity index (χ2v) is 6.44. The van der Waals surface area contributed by atoms with Gasteiger partial charge in [0.2, 0.25) is 5.91 Å². The molecule has 6 heteroatoms. The maximum absolute atomic E-state index is 12.3. The van der Waals surface area contributed by atoms with Crippen molar-refractivity contribution in [3.8, 4) is 0 Å². The number of guanidine groups is 1. The van der Waals surface area contributed by atoms with Crippen LogP contribution in [0.3, 0.4) is 0 Å². The Labute approximate surface area is 154 Å². The first-order valence-corrected chi connectivity index (χ1v) is 8.89. The maximum atomic E-state index is 12.3. The van der Waals surface area contributed by atoms with Gasteiger partial charge in [0.05, 0.1) is 6.04 Å². The summed E-state index contributed by atoms with van der Waals surface area (Å²) in [7, 11) is 1.75. The van der Waals surface area contributed by atoms with Crippen LogP contribution in [0.1, 0.15) is 17.5 Å². The molecule has 1 aromatic heterocycles. The average molecular weight is 351 g/mol. The number of nitrogens with zero attached hydrogens (tertiary/aromatic N) is 3. The summed E-state index contributed by atoms with van der Waals surface area (Å²) in [5.41, 5.74) is 3.41. The first-order valence-electron chi connectivity index (χ1n) is 8.89. The normalized spacial score (nSPS) is 17.5. The van der Waals surface area contributed by atoms with E-state index in [1.807, 2.05) is 53.7 Å². The Morgan fingerprint density at radius 3 is 2.85 bits per heavy atom. The summed E-state index contributed by atoms with van der Waals surface area (Å²) in [6.07, 6.45) is 5.07. The predicted molar refractivity (Wildman–Crippen MR) is 104 cm³/mol. The van der Waals surface area contributed by atoms with Crippen LogP contribution in [0.4, 0.5) is 5.69 Å². The molecule has 1 aliphatic heterocycles. The van der Waals surface area contributed by atoms with Gasteiger partial charge in [-0.1, -0.05) is 18.2 Å². The highest BCUT2D eigenvalue weighted by atomic mass is 16.2. The summed E-state index contributed by atoms with van der Waals surface area (Å²) in [5.74, 6) is 0.862. The van der Waals surface area contributed by atoms with Crippen LogP contribution in [0.2, 0.25) is 0 Å². The monoisotopic (exact) mass is 351 g/mol. The molecule has 2 heterocycles. The number of hydrogen-bond donors (Lipinski definition) is 2. The molecule has 0 radical (unpaired) electrons. The summed E-state index contributed by atoms with van der Waals surface area (Å²) in [4.78, 5) is 22.5. The number of pyridine rings is 1. The molecule has 1 atom stereocenters. The van der Waals surface area contributed by atoms with E-state index < -0.39 is 0 Å². The summed E-state index contributed by atoms with van der Waals surface area (Å²) >= 11 is 0. The molecular weight excluding hydrogens is 326 g/mol. The topological polar surface area (TPSA) is 69.6 Å². The molecule has 26 heavy (non-hydrogen) atoms. The van der Waals surface area contributed by atoms with E-state index in [0.29, 0.717) is 13.0 Å². The number of nitrogens with one attached hydrogen (secondary N) is 2. The smallest absolute Gasteiger partial charge is 0.229 e. The van der Waals surface area contributed by atoms with Gasteiger partial charge in [0, 0.05) is 44.6 Å². The number of benzene rings is 1. The van der Waals surface area contributed by atoms with E-state index in [1.54, 1.807) is 7.05 Å². The molecule has 1 saturated heterocycles. The number of carbonyl (C=O) groups is 1. The lowest BCUT2D eigenvalue weighted by Crippen LogP contribution is -2.45. The minimum absolute atomic E-state index is 0.0524. The molecule has 0 saturated carbocycles. The van der Waals surface area contributed by atoms with Gasteiger partial charge in [-0.3, -0.25) is 14.8 Å². The van der Waals surface area contributed by atoms with Gasteiger partial charge in [0.25, 0.3) is 0 Å². The van der Waals surface area contributed by atoms with Crippen LogP contribution in [-0.4, -0.2) is 43.0 Å². The van der Waals surface area contributed by atoms with Crippen molar-refractivity contribution in [2.75, 3.05) is 25.0 Å². The van der Waals surface area contributed by atoms with Crippen LogP contribution in [0.5, 0.6) is 0 Å². The molecule has 3 rings (SSSR count). The Kier molecular flexibility index (Phi) is 5.84. The minimum Gasteiger partial charge on any atom is -0.356 e. The van der Waals surface area contributed by atoms with Crippen molar-refractivity contribution < 1.29 is 4.79 Å². The number of carbonyl (C=O) groups excluding carboxylic acids is 1. The zero-order valence-corrected chi connectivity index (χ0v) is 15.3. The lowest BCUT2D eigenvalue weighted by Gasteiger charge is -2.19. The second-order valence-electron chi connectivity index (χ2n) is 6.44. The van der Waals surface area contributed by atoms with Crippen LogP contribution in [-0.2, 0) is 11.2 Å². The standard InChI is InChI=1S/C20H25N5O/c1-15-13-22-10-8-16(15)9-11-23-20(21-2)24-17-12-19(26)25(14-17)18-6-4-3-5-7-18/h3-8,10,13,17H,9,11-12,14H2,1-2H3,(H2,21,23,24). The molecule has 6 nitrogen and oxygen atoms in total. The molecule has 0 bridgehead atoms. The van der Waals surface area contributed by atoms with Crippen molar-refractivity contribution in [3.05, 3.63) is 59.9 Å². The number of amides is 1. The molecule has 136 valence electrons. The summed E-state index contributed by atoms with van der Waals surface area (Å²) in [5, 5.41) is 6.69. The van der Waals surface area contributed by atoms with Crippen LogP contribution in [0.15, 0.2) is 53.8 Å². The lowest BCUT2D eigenvalue weighted by atomic mass is 10.1. The van der Waals surface area contributed by atoms with E-state index in [1.165, 1.54) is 11.1 Å². The number of hydrogen-bond acceptors (Lipinski definition) is 3. The third-order valence-electron chi connectivity index (χ3n) is 4.58. The highest BCUT2D eigenvalue weighted by molar-refractivity contribution is 5.97. The van der Waals surface area contributed by atoms with Crippen molar-refractivity contribution in [2.45, 2.75) is 25.8 Å². The van der Waals surface area contributed by atoms with Crippen molar-refractivity contribution in [2.24, 2.45) is 4.99 Å². The average Bonchev–Trinajstić information content (AvgIpc) is 3.03. The number of aromatic nitrogens is 1. The molecule has 1 amide bonds. The highest BCUT2D eigenvalue weighted by Gasteiger charge is 2.30. The van der Waals surface area contributed by atoms with Gasteiger partial charge in [-0.2, -0.15) is 0 Å². The van der Waals surface area contributed by atoms with Gasteiger partial charge in [0.15, 0.2) is 5.96 Å². The molecule has 1 fully saturated rings. The number of aliphatic imine (C=N–C) groups is 1. The van der Waals surface area contributed by atoms with Gasteiger partial charge in [0.1, 0.15) is 0 Å². The van der Waals surface area contributed by atoms with Gasteiger partial charge < -0.3 is 15.5 Å². The summed E-state index contributed by atoms with van der Waals surface area (Å²) in [6.45, 7) is 3.48. The van der Waals surface area contributed by atoms with Crippen molar-refractivity contribution in [1.29, 1.82) is 0 Å². The first-order chi connectivity index (χ1) is 12.7. The van der Waals surface area contributed by atoms with Gasteiger partial charge in [-0.25, -0.2) is 0 Å². The Hall–Kier alpha value is -2.89. The minimum atomic E-state index is 0.0524. The number of aryl methyl sites for hydroxylation is 1. The van der Waals surface area contributed by atoms with Crippen molar-refractivity contribution >= 4 is 17.6 Å². The van der Waals surface area contributed by atoms with E-state index in [4.69, 9.17) is 0 Å². The third-order valence-corrected chi connectivity index (χ3v) is 4.58. The van der Waals surface area contributed by atoms with E-state index >= 15 is 0 Å². The molecular formula is C20H25N5O. The first kappa shape index (κ1) is 17.9. The van der Waals surface area contributed by atoms with Crippen LogP contribution < -0.4 is 15.5 Å². The Morgan fingerprint density at radius 2 is 2.12 bits per heavy atom. The SMILES string of the molecule is CN=C(NCCc1ccncc1C)NC1CC(=O)N(c2ccccc2)C1. The Bertz CT molecular complexity index is 775. The molecule has 2 N–H and O–H groups in total. The summed E-state index contributed by atoms with van der Waals surface area (Å²) in [6, 6.07) is 11.9. The molecule has 0 spiro atoms. The highest BCUT2D eigenvalue weighted by Crippen LogP contribution is 2.20. The van der Waals surface area contributed by atoms with E-state index in [0.717, 1.165) is 24.6 Å². The lowest BCUT2D eigenvalue weighted by molar-refractivity contribution is -0.117. The Balaban J connectivity index is 1.51. The molecule has 1 unspecified atom stereocenters. The largest absolute Gasteiger partial charge is 0.356 e. The zero-order valence-electron chi connectivity index (χ0n) is 15.3. The predicted octanol–water partition coefficient (Wildman–Crippen LogP) is 1.90. The molecule has 0 aliphatic carbocycles. The van der Waals surface area contributed by atoms with Gasteiger partial charge >= 0.3 is 0 Å². The van der Waals surface area contributed by atoms with Crippen LogP contribution in [0, 0.1) is 6.92 Å². The summed E-state index contributed by atoms with van der Waals surface area (Å²) < 4.78 is 0. The number of anilines is 1. The Morgan fingerprint density at radius 1 is 1.31 bits per heavy atom. The van der Waals surface area contributed by atoms with E-state index in [-0.39, 0.29) is 11.9 Å². The fraction of sp³-hybridized carbons (Fsp3) is 0.350. The van der Waals surface area contributed by atoms with E-state index in [9.17, 15) is 4.79 Å². The second kappa shape index (κ2) is 8.47. The number of rotatable bonds is 5. The fourth-order valence-electron chi connectivity index (χ4n) is 3.15. The van der Waals surface area contributed by atoms with Crippen molar-refractivity contribution in [1.82, 2.24) is 15.6 Å². The quantitative estimate of drug-likeness (QED) is 0.638. The van der Waals surface area contributed by atoms with Gasteiger partial charge in [-0.15, -0.1) is 0 Å².